The smallest absolute Gasteiger partial charge is 0.252 e. The highest BCUT2D eigenvalue weighted by Crippen LogP contribution is 2.37. The third kappa shape index (κ3) is 5.24. The number of carbonyl (C=O) groups excluding carboxylic acids is 1. The number of ether oxygens (including phenoxy) is 2. The van der Waals surface area contributed by atoms with E-state index >= 15 is 0 Å². The molecule has 0 bridgehead atoms. The fourth-order valence-electron chi connectivity index (χ4n) is 3.41. The molecule has 0 fully saturated rings. The van der Waals surface area contributed by atoms with Crippen LogP contribution in [0.1, 0.15) is 36.2 Å². The molecule has 0 aliphatic carbocycles. The number of primary amides is 1. The van der Waals surface area contributed by atoms with Crippen LogP contribution in [0.4, 0.5) is 11.4 Å². The second-order valence-corrected chi connectivity index (χ2v) is 7.17. The summed E-state index contributed by atoms with van der Waals surface area (Å²) in [5.74, 6) is 0.624. The molecular weight excluding hydrogens is 392 g/mol. The predicted octanol–water partition coefficient (Wildman–Crippen LogP) is 4.03. The Labute approximate surface area is 183 Å². The van der Waals surface area contributed by atoms with Crippen LogP contribution >= 0.6 is 0 Å². The quantitative estimate of drug-likeness (QED) is 0.404. The van der Waals surface area contributed by atoms with Crippen molar-refractivity contribution >= 4 is 28.2 Å². The van der Waals surface area contributed by atoms with Crippen molar-refractivity contribution in [3.63, 3.8) is 0 Å². The lowest BCUT2D eigenvalue weighted by Gasteiger charge is -2.18. The third-order valence-corrected chi connectivity index (χ3v) is 5.04. The van der Waals surface area contributed by atoms with Gasteiger partial charge in [0.05, 0.1) is 23.9 Å². The third-order valence-electron chi connectivity index (χ3n) is 5.04. The van der Waals surface area contributed by atoms with Gasteiger partial charge < -0.3 is 25.8 Å². The van der Waals surface area contributed by atoms with E-state index in [2.05, 4.69) is 35.5 Å². The summed E-state index contributed by atoms with van der Waals surface area (Å²) in [7, 11) is 1.60. The second-order valence-electron chi connectivity index (χ2n) is 7.17. The molecule has 7 heteroatoms. The fraction of sp³-hybridized carbons (Fsp3) is 0.333. The minimum atomic E-state index is -0.548. The highest BCUT2D eigenvalue weighted by molar-refractivity contribution is 6.08. The number of benzene rings is 2. The number of hydrogen-bond acceptors (Lipinski definition) is 6. The highest BCUT2D eigenvalue weighted by Gasteiger charge is 2.17. The van der Waals surface area contributed by atoms with E-state index in [9.17, 15) is 4.79 Å². The molecule has 31 heavy (non-hydrogen) atoms. The zero-order valence-electron chi connectivity index (χ0n) is 18.3. The van der Waals surface area contributed by atoms with Crippen LogP contribution in [0.5, 0.6) is 11.5 Å². The van der Waals surface area contributed by atoms with E-state index < -0.39 is 5.91 Å². The van der Waals surface area contributed by atoms with Crippen LogP contribution in [0.2, 0.25) is 0 Å². The van der Waals surface area contributed by atoms with Crippen LogP contribution in [0.3, 0.4) is 0 Å². The Bertz CT molecular complexity index is 1050. The topological polar surface area (TPSA) is 98.5 Å². The molecule has 0 aliphatic heterocycles. The van der Waals surface area contributed by atoms with Crippen molar-refractivity contribution in [1.82, 2.24) is 10.3 Å². The van der Waals surface area contributed by atoms with Gasteiger partial charge in [0, 0.05) is 29.9 Å². The van der Waals surface area contributed by atoms with Crippen molar-refractivity contribution < 1.29 is 14.3 Å². The molecule has 164 valence electrons. The van der Waals surface area contributed by atoms with Gasteiger partial charge in [-0.2, -0.15) is 0 Å². The van der Waals surface area contributed by atoms with Crippen molar-refractivity contribution in [3.8, 4) is 11.5 Å². The number of rotatable bonds is 11. The number of aromatic nitrogens is 1. The first-order chi connectivity index (χ1) is 15.1. The first kappa shape index (κ1) is 22.4. The molecule has 3 rings (SSSR count). The van der Waals surface area contributed by atoms with Crippen LogP contribution in [0, 0.1) is 0 Å². The van der Waals surface area contributed by atoms with Crippen LogP contribution in [-0.4, -0.2) is 37.7 Å². The summed E-state index contributed by atoms with van der Waals surface area (Å²) in [6.45, 7) is 6.36. The van der Waals surface area contributed by atoms with Gasteiger partial charge in [0.2, 0.25) is 0 Å². The van der Waals surface area contributed by atoms with E-state index in [-0.39, 0.29) is 0 Å². The lowest BCUT2D eigenvalue weighted by atomic mass is 10.1. The largest absolute Gasteiger partial charge is 0.493 e. The number of amides is 1. The van der Waals surface area contributed by atoms with E-state index in [1.807, 2.05) is 30.3 Å². The average Bonchev–Trinajstić information content (AvgIpc) is 2.78. The summed E-state index contributed by atoms with van der Waals surface area (Å²) in [5.41, 5.74) is 9.32. The van der Waals surface area contributed by atoms with Crippen molar-refractivity contribution in [3.05, 3.63) is 53.7 Å². The molecule has 4 N–H and O–H groups in total. The number of nitrogens with one attached hydrogen (secondary N) is 2. The van der Waals surface area contributed by atoms with Gasteiger partial charge in [0.15, 0.2) is 11.5 Å². The van der Waals surface area contributed by atoms with Gasteiger partial charge in [-0.3, -0.25) is 9.78 Å². The van der Waals surface area contributed by atoms with Crippen molar-refractivity contribution in [2.45, 2.75) is 26.7 Å². The zero-order valence-corrected chi connectivity index (χ0v) is 18.3. The molecular formula is C24H30N4O3. The zero-order chi connectivity index (χ0) is 22.2. The first-order valence-electron chi connectivity index (χ1n) is 10.6. The van der Waals surface area contributed by atoms with Crippen LogP contribution in [-0.2, 0) is 6.42 Å². The number of hydrogen-bond donors (Lipinski definition) is 3. The Hall–Kier alpha value is -3.32. The predicted molar refractivity (Wildman–Crippen MR) is 125 cm³/mol. The molecule has 0 spiro atoms. The molecule has 3 aromatic rings. The summed E-state index contributed by atoms with van der Waals surface area (Å²) in [5, 5.41) is 7.46. The maximum atomic E-state index is 12.2. The number of methoxy groups -OCH3 is 1. The molecule has 2 aromatic carbocycles. The molecule has 0 saturated heterocycles. The van der Waals surface area contributed by atoms with Gasteiger partial charge in [-0.25, -0.2) is 0 Å². The Morgan fingerprint density at radius 2 is 1.94 bits per heavy atom. The van der Waals surface area contributed by atoms with E-state index in [1.54, 1.807) is 7.11 Å². The molecule has 1 aromatic heterocycles. The Kier molecular flexibility index (Phi) is 7.67. The van der Waals surface area contributed by atoms with Crippen molar-refractivity contribution in [2.75, 3.05) is 32.1 Å². The lowest BCUT2D eigenvalue weighted by molar-refractivity contribution is 0.100. The Morgan fingerprint density at radius 1 is 1.13 bits per heavy atom. The second kappa shape index (κ2) is 10.6. The lowest BCUT2D eigenvalue weighted by Crippen LogP contribution is -2.21. The molecule has 0 unspecified atom stereocenters. The van der Waals surface area contributed by atoms with Gasteiger partial charge in [-0.15, -0.1) is 0 Å². The monoisotopic (exact) mass is 422 g/mol. The molecule has 1 heterocycles. The molecule has 7 nitrogen and oxygen atoms in total. The summed E-state index contributed by atoms with van der Waals surface area (Å²) >= 11 is 0. The van der Waals surface area contributed by atoms with Gasteiger partial charge in [0.1, 0.15) is 6.61 Å². The Morgan fingerprint density at radius 3 is 2.65 bits per heavy atom. The van der Waals surface area contributed by atoms with E-state index in [0.717, 1.165) is 42.6 Å². The number of pyridine rings is 1. The minimum Gasteiger partial charge on any atom is -0.493 e. The molecule has 0 aliphatic rings. The molecule has 0 saturated carbocycles. The maximum Gasteiger partial charge on any atom is 0.252 e. The maximum absolute atomic E-state index is 12.2. The average molecular weight is 423 g/mol. The number of aryl methyl sites for hydroxylation is 1. The summed E-state index contributed by atoms with van der Waals surface area (Å²) in [4.78, 5) is 16.6. The summed E-state index contributed by atoms with van der Waals surface area (Å²) in [6.07, 6.45) is 3.41. The molecule has 0 atom stereocenters. The number of para-hydroxylation sites is 1. The minimum absolute atomic E-state index is 0.319. The van der Waals surface area contributed by atoms with E-state index in [0.29, 0.717) is 34.9 Å². The SMILES string of the molecule is CCCNCCOc1cc2c(Nc3ccccc3CC)c(C(N)=O)cnc2cc1OC. The highest BCUT2D eigenvalue weighted by atomic mass is 16.5. The number of carbonyl (C=O) groups is 1. The molecule has 1 amide bonds. The van der Waals surface area contributed by atoms with Crippen molar-refractivity contribution in [1.29, 1.82) is 0 Å². The number of fused-ring (bicyclic) bond motifs is 1. The normalized spacial score (nSPS) is 10.8. The summed E-state index contributed by atoms with van der Waals surface area (Å²) in [6, 6.07) is 11.6. The van der Waals surface area contributed by atoms with Gasteiger partial charge >= 0.3 is 0 Å². The van der Waals surface area contributed by atoms with Gasteiger partial charge in [-0.1, -0.05) is 32.0 Å². The van der Waals surface area contributed by atoms with E-state index in [1.165, 1.54) is 6.20 Å². The van der Waals surface area contributed by atoms with Crippen LogP contribution < -0.4 is 25.8 Å². The fourth-order valence-corrected chi connectivity index (χ4v) is 3.41. The Balaban J connectivity index is 2.06. The van der Waals surface area contributed by atoms with Crippen LogP contribution in [0.15, 0.2) is 42.6 Å². The van der Waals surface area contributed by atoms with Crippen molar-refractivity contribution in [2.24, 2.45) is 5.73 Å². The number of nitrogens with zero attached hydrogens (tertiary/aromatic N) is 1. The molecule has 0 radical (unpaired) electrons. The van der Waals surface area contributed by atoms with Crippen LogP contribution in [0.25, 0.3) is 10.9 Å². The summed E-state index contributed by atoms with van der Waals surface area (Å²) < 4.78 is 11.5. The standard InChI is InChI=1S/C24H30N4O3/c1-4-10-26-11-12-31-22-13-17-20(14-21(22)30-3)27-15-18(24(25)29)23(17)28-19-9-7-6-8-16(19)5-2/h6-9,13-15,26H,4-5,10-12H2,1-3H3,(H2,25,29)(H,27,28). The van der Waals surface area contributed by atoms with Gasteiger partial charge in [-0.05, 0) is 37.1 Å². The number of nitrogens with two attached hydrogens (primary N) is 1. The van der Waals surface area contributed by atoms with E-state index in [4.69, 9.17) is 15.2 Å². The first-order valence-corrected chi connectivity index (χ1v) is 10.6. The van der Waals surface area contributed by atoms with Gasteiger partial charge in [0.25, 0.3) is 5.91 Å². The number of anilines is 2.